The number of nitrogens with one attached hydrogen (secondary N) is 2. The monoisotopic (exact) mass is 508 g/mol. The molecule has 3 heterocycles. The van der Waals surface area contributed by atoms with Gasteiger partial charge in [0.15, 0.2) is 4.34 Å². The Labute approximate surface area is 199 Å². The van der Waals surface area contributed by atoms with Crippen LogP contribution in [0.15, 0.2) is 39.9 Å². The largest absolute Gasteiger partial charge is 0.477 e. The van der Waals surface area contributed by atoms with E-state index in [4.69, 9.17) is 0 Å². The van der Waals surface area contributed by atoms with Crippen LogP contribution in [-0.4, -0.2) is 66.0 Å². The number of nitro benzene ring substituents is 1. The van der Waals surface area contributed by atoms with Crippen LogP contribution in [0.2, 0.25) is 0 Å². The van der Waals surface area contributed by atoms with Gasteiger partial charge in [0.25, 0.3) is 11.6 Å². The molecule has 3 N–H and O–H groups in total. The molecule has 1 aromatic carbocycles. The zero-order valence-corrected chi connectivity index (χ0v) is 19.3. The third kappa shape index (κ3) is 4.79. The number of carbonyl (C=O) groups is 3. The molecule has 1 saturated heterocycles. The van der Waals surface area contributed by atoms with Crippen molar-refractivity contribution in [3.63, 3.8) is 0 Å². The van der Waals surface area contributed by atoms with E-state index < -0.39 is 34.2 Å². The number of amides is 3. The first-order valence-electron chi connectivity index (χ1n) is 9.39. The number of nitro groups is 1. The summed E-state index contributed by atoms with van der Waals surface area (Å²) in [6, 6.07) is 3.68. The Morgan fingerprint density at radius 1 is 1.33 bits per heavy atom. The van der Waals surface area contributed by atoms with Gasteiger partial charge in [-0.1, -0.05) is 23.1 Å². The number of aliphatic carboxylic acids is 1. The van der Waals surface area contributed by atoms with Crippen LogP contribution in [0.3, 0.4) is 0 Å². The minimum absolute atomic E-state index is 0.0636. The molecule has 15 heteroatoms. The molecular formula is C18H16N6O6S3. The van der Waals surface area contributed by atoms with E-state index in [0.717, 1.165) is 5.01 Å². The number of non-ortho nitro benzene ring substituents is 1. The maximum atomic E-state index is 12.7. The SMILES string of the molecule is Cc1nnc(SCC2=C(C(=O)O)N3C(=O)C(NC(=O)Nc4ccc([N+](=O)[O-])cc4)[C@H]3SC2)s1. The van der Waals surface area contributed by atoms with Crippen molar-refractivity contribution in [1.29, 1.82) is 0 Å². The van der Waals surface area contributed by atoms with E-state index in [0.29, 0.717) is 27.1 Å². The lowest BCUT2D eigenvalue weighted by Gasteiger charge is -2.49. The highest BCUT2D eigenvalue weighted by Crippen LogP contribution is 2.41. The number of hydrogen-bond donors (Lipinski definition) is 3. The van der Waals surface area contributed by atoms with Crippen LogP contribution in [0.25, 0.3) is 0 Å². The molecule has 4 rings (SSSR count). The normalized spacial score (nSPS) is 19.5. The Hall–Kier alpha value is -3.17. The Balaban J connectivity index is 1.40. The van der Waals surface area contributed by atoms with Crippen LogP contribution in [0.5, 0.6) is 0 Å². The summed E-state index contributed by atoms with van der Waals surface area (Å²) in [7, 11) is 0. The zero-order chi connectivity index (χ0) is 23.7. The van der Waals surface area contributed by atoms with Gasteiger partial charge in [-0.3, -0.25) is 19.8 Å². The van der Waals surface area contributed by atoms with Crippen LogP contribution in [0.4, 0.5) is 16.2 Å². The number of carbonyl (C=O) groups excluding carboxylic acids is 2. The first-order valence-corrected chi connectivity index (χ1v) is 12.2. The average Bonchev–Trinajstić information content (AvgIpc) is 3.20. The molecule has 0 spiro atoms. The van der Waals surface area contributed by atoms with E-state index in [1.54, 1.807) is 0 Å². The Morgan fingerprint density at radius 3 is 2.67 bits per heavy atom. The van der Waals surface area contributed by atoms with Gasteiger partial charge in [-0.2, -0.15) is 0 Å². The molecule has 2 aliphatic rings. The van der Waals surface area contributed by atoms with Crippen molar-refractivity contribution < 1.29 is 24.4 Å². The summed E-state index contributed by atoms with van der Waals surface area (Å²) in [6.45, 7) is 1.83. The van der Waals surface area contributed by atoms with Crippen molar-refractivity contribution in [2.75, 3.05) is 16.8 Å². The fraction of sp³-hybridized carbons (Fsp3) is 0.278. The predicted octanol–water partition coefficient (Wildman–Crippen LogP) is 2.29. The first kappa shape index (κ1) is 23.0. The molecule has 33 heavy (non-hydrogen) atoms. The number of aryl methyl sites for hydroxylation is 1. The minimum atomic E-state index is -1.20. The second kappa shape index (κ2) is 9.36. The van der Waals surface area contributed by atoms with Crippen molar-refractivity contribution in [1.82, 2.24) is 20.4 Å². The molecule has 2 aliphatic heterocycles. The summed E-state index contributed by atoms with van der Waals surface area (Å²) in [5, 5.41) is 33.7. The van der Waals surface area contributed by atoms with E-state index >= 15 is 0 Å². The molecule has 2 aromatic rings. The Kier molecular flexibility index (Phi) is 6.53. The smallest absolute Gasteiger partial charge is 0.352 e. The number of carboxylic acid groups (broad SMARTS) is 1. The number of anilines is 1. The molecule has 2 atom stereocenters. The van der Waals surface area contributed by atoms with Crippen LogP contribution < -0.4 is 10.6 Å². The number of aromatic nitrogens is 2. The number of carboxylic acids is 1. The minimum Gasteiger partial charge on any atom is -0.477 e. The lowest BCUT2D eigenvalue weighted by molar-refractivity contribution is -0.384. The summed E-state index contributed by atoms with van der Waals surface area (Å²) in [5.74, 6) is -0.967. The molecule has 12 nitrogen and oxygen atoms in total. The molecule has 1 unspecified atom stereocenters. The van der Waals surface area contributed by atoms with Crippen molar-refractivity contribution in [3.8, 4) is 0 Å². The molecule has 0 radical (unpaired) electrons. The number of rotatable bonds is 7. The summed E-state index contributed by atoms with van der Waals surface area (Å²) >= 11 is 4.14. The third-order valence-corrected chi connectivity index (χ3v) is 8.15. The second-order valence-corrected chi connectivity index (χ2v) is 10.4. The molecule has 0 bridgehead atoms. The van der Waals surface area contributed by atoms with E-state index in [2.05, 4.69) is 20.8 Å². The fourth-order valence-corrected chi connectivity index (χ4v) is 6.56. The Morgan fingerprint density at radius 2 is 2.06 bits per heavy atom. The van der Waals surface area contributed by atoms with E-state index in [9.17, 15) is 29.6 Å². The molecule has 172 valence electrons. The van der Waals surface area contributed by atoms with Gasteiger partial charge in [0.05, 0.1) is 4.92 Å². The van der Waals surface area contributed by atoms with E-state index in [-0.39, 0.29) is 11.4 Å². The van der Waals surface area contributed by atoms with E-state index in [1.807, 2.05) is 6.92 Å². The number of benzene rings is 1. The van der Waals surface area contributed by atoms with Crippen molar-refractivity contribution in [2.24, 2.45) is 0 Å². The lowest BCUT2D eigenvalue weighted by Crippen LogP contribution is -2.71. The van der Waals surface area contributed by atoms with Crippen LogP contribution in [-0.2, 0) is 9.59 Å². The fourth-order valence-electron chi connectivity index (χ4n) is 3.25. The number of hydrogen-bond acceptors (Lipinski definition) is 10. The zero-order valence-electron chi connectivity index (χ0n) is 16.9. The summed E-state index contributed by atoms with van der Waals surface area (Å²) in [4.78, 5) is 48.3. The van der Waals surface area contributed by atoms with Crippen LogP contribution in [0, 0.1) is 17.0 Å². The van der Waals surface area contributed by atoms with Crippen molar-refractivity contribution in [3.05, 3.63) is 50.7 Å². The van der Waals surface area contributed by atoms with Gasteiger partial charge < -0.3 is 15.7 Å². The highest BCUT2D eigenvalue weighted by atomic mass is 32.2. The molecular weight excluding hydrogens is 492 g/mol. The predicted molar refractivity (Wildman–Crippen MR) is 122 cm³/mol. The number of urea groups is 1. The van der Waals surface area contributed by atoms with Crippen molar-refractivity contribution >= 4 is 64.1 Å². The Bertz CT molecular complexity index is 1170. The molecule has 0 saturated carbocycles. The van der Waals surface area contributed by atoms with Gasteiger partial charge in [0, 0.05) is 29.3 Å². The molecule has 1 fully saturated rings. The molecule has 0 aliphatic carbocycles. The number of β-lactam (4-membered cyclic amide) rings is 1. The van der Waals surface area contributed by atoms with Gasteiger partial charge >= 0.3 is 12.0 Å². The van der Waals surface area contributed by atoms with Gasteiger partial charge in [-0.15, -0.1) is 22.0 Å². The number of fused-ring (bicyclic) bond motifs is 1. The van der Waals surface area contributed by atoms with Gasteiger partial charge in [-0.25, -0.2) is 9.59 Å². The summed E-state index contributed by atoms with van der Waals surface area (Å²) < 4.78 is 0.717. The second-order valence-electron chi connectivity index (χ2n) is 6.92. The highest BCUT2D eigenvalue weighted by molar-refractivity contribution is 8.01. The summed E-state index contributed by atoms with van der Waals surface area (Å²) in [6.07, 6.45) is 0. The van der Waals surface area contributed by atoms with Crippen LogP contribution >= 0.6 is 34.9 Å². The quantitative estimate of drug-likeness (QED) is 0.218. The average molecular weight is 509 g/mol. The number of nitrogens with zero attached hydrogens (tertiary/aromatic N) is 4. The molecule has 3 amide bonds. The van der Waals surface area contributed by atoms with Crippen molar-refractivity contribution in [2.45, 2.75) is 22.7 Å². The standard InChI is InChI=1S/C18H16N6O6S3/c1-8-21-22-18(33-8)32-7-9-6-31-15-12(14(25)23(15)13(9)16(26)27)20-17(28)19-10-2-4-11(5-3-10)24(29)30/h2-5,12,15H,6-7H2,1H3,(H,26,27)(H2,19,20,28)/t12?,15-/m1/s1. The third-order valence-electron chi connectivity index (χ3n) is 4.75. The van der Waals surface area contributed by atoms with Gasteiger partial charge in [0.1, 0.15) is 22.1 Å². The van der Waals surface area contributed by atoms with Crippen LogP contribution in [0.1, 0.15) is 5.01 Å². The molecule has 1 aromatic heterocycles. The summed E-state index contributed by atoms with van der Waals surface area (Å²) in [5.41, 5.74) is 0.734. The van der Waals surface area contributed by atoms with Gasteiger partial charge in [-0.05, 0) is 24.6 Å². The highest BCUT2D eigenvalue weighted by Gasteiger charge is 2.54. The maximum Gasteiger partial charge on any atom is 0.352 e. The van der Waals surface area contributed by atoms with E-state index in [1.165, 1.54) is 64.0 Å². The van der Waals surface area contributed by atoms with Gasteiger partial charge in [0.2, 0.25) is 0 Å². The number of thioether (sulfide) groups is 2. The first-order chi connectivity index (χ1) is 15.7. The maximum absolute atomic E-state index is 12.7. The topological polar surface area (TPSA) is 168 Å². The lowest BCUT2D eigenvalue weighted by atomic mass is 10.0.